The highest BCUT2D eigenvalue weighted by atomic mass is 31.2. The van der Waals surface area contributed by atoms with Crippen molar-refractivity contribution in [1.29, 1.82) is 0 Å². The first-order chi connectivity index (χ1) is 15.1. The summed E-state index contributed by atoms with van der Waals surface area (Å²) in [7, 11) is -3.11. The molecule has 2 rings (SSSR count). The van der Waals surface area contributed by atoms with Crippen LogP contribution < -0.4 is 0 Å². The predicted octanol–water partition coefficient (Wildman–Crippen LogP) is 11.0. The molecule has 0 radical (unpaired) electrons. The van der Waals surface area contributed by atoms with E-state index in [1.165, 1.54) is 33.6 Å². The zero-order valence-corrected chi connectivity index (χ0v) is 25.1. The zero-order valence-electron chi connectivity index (χ0n) is 23.3. The minimum Gasteiger partial charge on any atom is -0.267 e. The third-order valence-electron chi connectivity index (χ3n) is 6.12. The van der Waals surface area contributed by atoms with E-state index in [2.05, 4.69) is 118 Å². The Morgan fingerprint density at radius 2 is 0.758 bits per heavy atom. The molecule has 2 aromatic rings. The maximum absolute atomic E-state index is 5.55. The molecule has 0 bridgehead atoms. The van der Waals surface area contributed by atoms with Crippen LogP contribution in [0.1, 0.15) is 101 Å². The van der Waals surface area contributed by atoms with Crippen molar-refractivity contribution in [2.75, 3.05) is 32.6 Å². The molecule has 4 heteroatoms. The average Bonchev–Trinajstić information content (AvgIpc) is 2.65. The number of benzene rings is 2. The smallest absolute Gasteiger partial charge is 0.0682 e. The third-order valence-corrected chi connectivity index (χ3v) is 13.1. The Hall–Kier alpha value is -1.10. The van der Waals surface area contributed by atoms with Crippen LogP contribution in [0, 0.1) is 0 Å². The van der Waals surface area contributed by atoms with Gasteiger partial charge in [-0.3, -0.25) is 9.49 Å². The van der Waals surface area contributed by atoms with Crippen LogP contribution in [0.5, 0.6) is 0 Å². The summed E-state index contributed by atoms with van der Waals surface area (Å²) >= 11 is 0. The molecule has 0 spiro atoms. The van der Waals surface area contributed by atoms with E-state index in [0.29, 0.717) is 23.7 Å². The van der Waals surface area contributed by atoms with E-state index in [4.69, 9.17) is 9.49 Å². The highest BCUT2D eigenvalue weighted by molar-refractivity contribution is 7.81. The highest BCUT2D eigenvalue weighted by Gasteiger charge is 2.21. The van der Waals surface area contributed by atoms with Crippen LogP contribution in [0.4, 0.5) is 11.4 Å². The minimum atomic E-state index is -1.55. The Balaban J connectivity index is 2.64. The molecule has 0 saturated carbocycles. The first kappa shape index (κ1) is 28.1. The fourth-order valence-electron chi connectivity index (χ4n) is 4.71. The Bertz CT molecular complexity index is 925. The Kier molecular flexibility index (Phi) is 9.46. The molecule has 0 fully saturated rings. The molecule has 0 aliphatic rings. The third kappa shape index (κ3) is 7.44. The van der Waals surface area contributed by atoms with Crippen LogP contribution >= 0.6 is 14.1 Å². The summed E-state index contributed by atoms with van der Waals surface area (Å²) in [6.07, 6.45) is 0. The average molecular weight is 487 g/mol. The molecule has 33 heavy (non-hydrogen) atoms. The second-order valence-electron chi connectivity index (χ2n) is 11.8. The summed E-state index contributed by atoms with van der Waals surface area (Å²) in [6.45, 7) is 27.9. The summed E-state index contributed by atoms with van der Waals surface area (Å²) in [5.41, 5.74) is 8.05. The van der Waals surface area contributed by atoms with Crippen LogP contribution in [0.2, 0.25) is 0 Å². The quantitative estimate of drug-likeness (QED) is 0.331. The SMILES string of the molecule is CC(C)c1cccc(C(C)C)c1N=P(C)(C)CP(C)(C)=Nc1c(C(C)C)cccc1C(C)C. The molecule has 0 aliphatic heterocycles. The van der Waals surface area contributed by atoms with Gasteiger partial charge in [0.2, 0.25) is 0 Å². The molecule has 184 valence electrons. The molecule has 0 aliphatic carbocycles. The fourth-order valence-corrected chi connectivity index (χ4v) is 13.5. The summed E-state index contributed by atoms with van der Waals surface area (Å²) in [4.78, 5) is 0. The number of rotatable bonds is 8. The molecule has 0 N–H and O–H groups in total. The second kappa shape index (κ2) is 11.1. The van der Waals surface area contributed by atoms with Crippen LogP contribution in [0.3, 0.4) is 0 Å². The summed E-state index contributed by atoms with van der Waals surface area (Å²) in [5, 5.41) is 0. The van der Waals surface area contributed by atoms with E-state index in [9.17, 15) is 0 Å². The zero-order chi connectivity index (χ0) is 25.1. The van der Waals surface area contributed by atoms with Gasteiger partial charge in [-0.1, -0.05) is 91.8 Å². The first-order valence-electron chi connectivity index (χ1n) is 12.5. The topological polar surface area (TPSA) is 24.7 Å². The van der Waals surface area contributed by atoms with Gasteiger partial charge in [0.15, 0.2) is 0 Å². The first-order valence-corrected chi connectivity index (χ1v) is 18.2. The molecule has 0 heterocycles. The van der Waals surface area contributed by atoms with E-state index >= 15 is 0 Å². The predicted molar refractivity (Wildman–Crippen MR) is 156 cm³/mol. The molecule has 0 aromatic heterocycles. The highest BCUT2D eigenvalue weighted by Crippen LogP contribution is 2.61. The van der Waals surface area contributed by atoms with Gasteiger partial charge in [-0.05, 0) is 86.7 Å². The summed E-state index contributed by atoms with van der Waals surface area (Å²) < 4.78 is 11.1. The largest absolute Gasteiger partial charge is 0.267 e. The van der Waals surface area contributed by atoms with Gasteiger partial charge in [0.1, 0.15) is 0 Å². The van der Waals surface area contributed by atoms with Gasteiger partial charge >= 0.3 is 0 Å². The lowest BCUT2D eigenvalue weighted by Crippen LogP contribution is -1.97. The Morgan fingerprint density at radius 3 is 0.970 bits per heavy atom. The van der Waals surface area contributed by atoms with Crippen molar-refractivity contribution in [2.45, 2.75) is 79.1 Å². The number of nitrogens with zero attached hydrogens (tertiary/aromatic N) is 2. The Labute approximate surface area is 205 Å². The van der Waals surface area contributed by atoms with E-state index in [0.717, 1.165) is 5.90 Å². The Morgan fingerprint density at radius 1 is 0.515 bits per heavy atom. The van der Waals surface area contributed by atoms with Crippen molar-refractivity contribution in [2.24, 2.45) is 9.49 Å². The lowest BCUT2D eigenvalue weighted by molar-refractivity contribution is 0.835. The van der Waals surface area contributed by atoms with E-state index in [-0.39, 0.29) is 0 Å². The van der Waals surface area contributed by atoms with E-state index < -0.39 is 14.1 Å². The van der Waals surface area contributed by atoms with Gasteiger partial charge < -0.3 is 0 Å². The normalized spacial score (nSPS) is 12.8. The van der Waals surface area contributed by atoms with Gasteiger partial charge in [0, 0.05) is 5.90 Å². The second-order valence-corrected chi connectivity index (χ2v) is 19.8. The number of hydrogen-bond donors (Lipinski definition) is 0. The molecule has 0 unspecified atom stereocenters. The van der Waals surface area contributed by atoms with Crippen LogP contribution in [-0.2, 0) is 0 Å². The van der Waals surface area contributed by atoms with Gasteiger partial charge in [-0.2, -0.15) is 0 Å². The van der Waals surface area contributed by atoms with Crippen molar-refractivity contribution in [3.05, 3.63) is 58.7 Å². The van der Waals surface area contributed by atoms with Crippen molar-refractivity contribution < 1.29 is 0 Å². The number of hydrogen-bond acceptors (Lipinski definition) is 2. The van der Waals surface area contributed by atoms with Gasteiger partial charge in [-0.25, -0.2) is 0 Å². The standard InChI is InChI=1S/C29H48N2P2/c1-20(2)24-15-13-16-25(21(3)4)28(24)30-32(9,10)19-33(11,12)31-29-26(22(5)6)17-14-18-27(29)23(7)8/h13-18,20-23H,19H2,1-12H3. The minimum absolute atomic E-state index is 0.474. The van der Waals surface area contributed by atoms with Gasteiger partial charge in [0.05, 0.1) is 11.4 Å². The fraction of sp³-hybridized carbons (Fsp3) is 0.586. The molecule has 0 atom stereocenters. The van der Waals surface area contributed by atoms with Crippen LogP contribution in [0.15, 0.2) is 45.9 Å². The van der Waals surface area contributed by atoms with Crippen molar-refractivity contribution in [1.82, 2.24) is 0 Å². The monoisotopic (exact) mass is 486 g/mol. The van der Waals surface area contributed by atoms with Gasteiger partial charge in [-0.15, -0.1) is 0 Å². The molecule has 0 amide bonds. The van der Waals surface area contributed by atoms with E-state index in [1.807, 2.05) is 0 Å². The molecule has 0 saturated heterocycles. The maximum Gasteiger partial charge on any atom is 0.0682 e. The van der Waals surface area contributed by atoms with Crippen LogP contribution in [0.25, 0.3) is 0 Å². The van der Waals surface area contributed by atoms with Crippen molar-refractivity contribution >= 4 is 25.5 Å². The van der Waals surface area contributed by atoms with E-state index in [1.54, 1.807) is 0 Å². The molecule has 2 aromatic carbocycles. The summed E-state index contributed by atoms with van der Waals surface area (Å²) in [5.74, 6) is 3.00. The van der Waals surface area contributed by atoms with Crippen molar-refractivity contribution in [3.8, 4) is 0 Å². The van der Waals surface area contributed by atoms with Crippen LogP contribution in [-0.4, -0.2) is 32.6 Å². The maximum atomic E-state index is 5.55. The molecular weight excluding hydrogens is 438 g/mol. The lowest BCUT2D eigenvalue weighted by atomic mass is 9.93. The van der Waals surface area contributed by atoms with Gasteiger partial charge in [0.25, 0.3) is 0 Å². The molecule has 2 nitrogen and oxygen atoms in total. The lowest BCUT2D eigenvalue weighted by Gasteiger charge is -2.26. The molecular formula is C29H48N2P2. The summed E-state index contributed by atoms with van der Waals surface area (Å²) in [6, 6.07) is 13.5. The van der Waals surface area contributed by atoms with Crippen molar-refractivity contribution in [3.63, 3.8) is 0 Å².